The summed E-state index contributed by atoms with van der Waals surface area (Å²) in [6.07, 6.45) is 0.521. The summed E-state index contributed by atoms with van der Waals surface area (Å²) in [5.41, 5.74) is 1.24. The summed E-state index contributed by atoms with van der Waals surface area (Å²) in [5, 5.41) is 5.71. The Balaban J connectivity index is 1.18. The number of amides is 2. The molecule has 1 aliphatic carbocycles. The minimum Gasteiger partial charge on any atom is -0.486 e. The molecule has 1 fully saturated rings. The van der Waals surface area contributed by atoms with E-state index in [0.717, 1.165) is 0 Å². The highest BCUT2D eigenvalue weighted by molar-refractivity contribution is 6.03. The van der Waals surface area contributed by atoms with Crippen molar-refractivity contribution in [2.45, 2.75) is 6.42 Å². The van der Waals surface area contributed by atoms with E-state index in [1.807, 2.05) is 0 Å². The third-order valence-corrected chi connectivity index (χ3v) is 5.08. The van der Waals surface area contributed by atoms with Crippen molar-refractivity contribution in [1.82, 2.24) is 0 Å². The Bertz CT molecular complexity index is 898. The summed E-state index contributed by atoms with van der Waals surface area (Å²) >= 11 is 0. The zero-order valence-corrected chi connectivity index (χ0v) is 15.6. The third kappa shape index (κ3) is 3.65. The molecule has 2 amide bonds. The number of anilines is 2. The average Bonchev–Trinajstić information content (AvgIpc) is 3.55. The summed E-state index contributed by atoms with van der Waals surface area (Å²) in [4.78, 5) is 25.0. The van der Waals surface area contributed by atoms with E-state index in [1.54, 1.807) is 36.4 Å². The van der Waals surface area contributed by atoms with Gasteiger partial charge in [0.1, 0.15) is 26.4 Å². The molecular formula is C21H20N2O6. The van der Waals surface area contributed by atoms with E-state index in [1.165, 1.54) is 0 Å². The number of hydrogen-bond donors (Lipinski definition) is 2. The topological polar surface area (TPSA) is 95.1 Å². The maximum atomic E-state index is 12.5. The van der Waals surface area contributed by atoms with Gasteiger partial charge in [0.15, 0.2) is 23.0 Å². The monoisotopic (exact) mass is 396 g/mol. The van der Waals surface area contributed by atoms with Gasteiger partial charge < -0.3 is 29.6 Å². The molecule has 5 rings (SSSR count). The normalized spacial score (nSPS) is 21.1. The largest absolute Gasteiger partial charge is 0.486 e. The van der Waals surface area contributed by atoms with Crippen molar-refractivity contribution < 1.29 is 28.5 Å². The van der Waals surface area contributed by atoms with Crippen LogP contribution in [0.2, 0.25) is 0 Å². The quantitative estimate of drug-likeness (QED) is 0.824. The molecule has 0 bridgehead atoms. The molecule has 29 heavy (non-hydrogen) atoms. The zero-order valence-electron chi connectivity index (χ0n) is 15.6. The molecule has 2 aromatic carbocycles. The van der Waals surface area contributed by atoms with E-state index in [9.17, 15) is 9.59 Å². The first kappa shape index (κ1) is 17.7. The second-order valence-electron chi connectivity index (χ2n) is 7.14. The molecular weight excluding hydrogens is 376 g/mol. The van der Waals surface area contributed by atoms with Gasteiger partial charge in [-0.2, -0.15) is 0 Å². The fraction of sp³-hybridized carbons (Fsp3) is 0.333. The van der Waals surface area contributed by atoms with Crippen molar-refractivity contribution in [3.8, 4) is 23.0 Å². The van der Waals surface area contributed by atoms with Gasteiger partial charge >= 0.3 is 0 Å². The van der Waals surface area contributed by atoms with Gasteiger partial charge in [-0.3, -0.25) is 9.59 Å². The van der Waals surface area contributed by atoms with Gasteiger partial charge in [-0.05, 0) is 30.7 Å². The lowest BCUT2D eigenvalue weighted by atomic mass is 10.2. The SMILES string of the molecule is O=C(Nc1ccc2c(c1)OCCO2)C1CC1C(=O)Nc1ccc2c(c1)OCCO2. The van der Waals surface area contributed by atoms with Crippen LogP contribution in [0.3, 0.4) is 0 Å². The minimum absolute atomic E-state index is 0.177. The van der Waals surface area contributed by atoms with Crippen molar-refractivity contribution in [2.24, 2.45) is 11.8 Å². The lowest BCUT2D eigenvalue weighted by Crippen LogP contribution is -2.21. The first-order chi connectivity index (χ1) is 14.2. The molecule has 8 heteroatoms. The van der Waals surface area contributed by atoms with Crippen molar-refractivity contribution in [3.63, 3.8) is 0 Å². The number of carbonyl (C=O) groups is 2. The maximum Gasteiger partial charge on any atom is 0.228 e. The molecule has 3 aliphatic rings. The van der Waals surface area contributed by atoms with Crippen LogP contribution in [0.4, 0.5) is 11.4 Å². The number of carbonyl (C=O) groups excluding carboxylic acids is 2. The summed E-state index contributed by atoms with van der Waals surface area (Å²) < 4.78 is 22.0. The lowest BCUT2D eigenvalue weighted by molar-refractivity contribution is -0.122. The van der Waals surface area contributed by atoms with Crippen LogP contribution in [0, 0.1) is 11.8 Å². The lowest BCUT2D eigenvalue weighted by Gasteiger charge is -2.19. The Morgan fingerprint density at radius 3 is 1.52 bits per heavy atom. The van der Waals surface area contributed by atoms with Crippen molar-refractivity contribution in [2.75, 3.05) is 37.1 Å². The van der Waals surface area contributed by atoms with Crippen LogP contribution >= 0.6 is 0 Å². The molecule has 2 aromatic rings. The van der Waals surface area contributed by atoms with Gasteiger partial charge in [0.2, 0.25) is 11.8 Å². The highest BCUT2D eigenvalue weighted by Crippen LogP contribution is 2.41. The molecule has 2 heterocycles. The highest BCUT2D eigenvalue weighted by atomic mass is 16.6. The van der Waals surface area contributed by atoms with Crippen LogP contribution in [-0.2, 0) is 9.59 Å². The van der Waals surface area contributed by atoms with Crippen molar-refractivity contribution in [1.29, 1.82) is 0 Å². The van der Waals surface area contributed by atoms with Gasteiger partial charge in [0, 0.05) is 23.5 Å². The van der Waals surface area contributed by atoms with E-state index in [4.69, 9.17) is 18.9 Å². The molecule has 0 radical (unpaired) electrons. The van der Waals surface area contributed by atoms with Crippen LogP contribution in [0.25, 0.3) is 0 Å². The molecule has 2 unspecified atom stereocenters. The zero-order chi connectivity index (χ0) is 19.8. The summed E-state index contributed by atoms with van der Waals surface area (Å²) in [7, 11) is 0. The number of nitrogens with one attached hydrogen (secondary N) is 2. The second-order valence-corrected chi connectivity index (χ2v) is 7.14. The molecule has 2 aliphatic heterocycles. The van der Waals surface area contributed by atoms with E-state index in [0.29, 0.717) is 67.2 Å². The van der Waals surface area contributed by atoms with Crippen LogP contribution in [0.1, 0.15) is 6.42 Å². The van der Waals surface area contributed by atoms with Gasteiger partial charge in [-0.25, -0.2) is 0 Å². The first-order valence-electron chi connectivity index (χ1n) is 9.58. The predicted molar refractivity (Wildman–Crippen MR) is 104 cm³/mol. The molecule has 2 N–H and O–H groups in total. The predicted octanol–water partition coefficient (Wildman–Crippen LogP) is 2.44. The standard InChI is InChI=1S/C21H20N2O6/c24-20(22-12-1-3-16-18(9-12)28-7-5-26-16)14-11-15(14)21(25)23-13-2-4-17-19(10-13)29-8-6-27-17/h1-4,9-10,14-15H,5-8,11H2,(H,22,24)(H,23,25). The first-order valence-corrected chi connectivity index (χ1v) is 9.58. The Hall–Kier alpha value is -3.42. The van der Waals surface area contributed by atoms with Gasteiger partial charge in [-0.15, -0.1) is 0 Å². The number of rotatable bonds is 4. The fourth-order valence-corrected chi connectivity index (χ4v) is 3.49. The molecule has 2 atom stereocenters. The number of hydrogen-bond acceptors (Lipinski definition) is 6. The van der Waals surface area contributed by atoms with Crippen LogP contribution in [0.5, 0.6) is 23.0 Å². The minimum atomic E-state index is -0.347. The molecule has 8 nitrogen and oxygen atoms in total. The average molecular weight is 396 g/mol. The third-order valence-electron chi connectivity index (χ3n) is 5.08. The molecule has 0 saturated heterocycles. The summed E-state index contributed by atoms with van der Waals surface area (Å²) in [6, 6.07) is 10.5. The molecule has 1 saturated carbocycles. The van der Waals surface area contributed by atoms with Crippen LogP contribution in [0.15, 0.2) is 36.4 Å². The summed E-state index contributed by atoms with van der Waals surface area (Å²) in [6.45, 7) is 1.99. The number of ether oxygens (including phenoxy) is 4. The van der Waals surface area contributed by atoms with Crippen LogP contribution in [-0.4, -0.2) is 38.2 Å². The number of benzene rings is 2. The van der Waals surface area contributed by atoms with E-state index in [2.05, 4.69) is 10.6 Å². The Kier molecular flexibility index (Phi) is 4.38. The molecule has 0 spiro atoms. The molecule has 150 valence electrons. The maximum absolute atomic E-state index is 12.5. The van der Waals surface area contributed by atoms with Crippen molar-refractivity contribution >= 4 is 23.2 Å². The van der Waals surface area contributed by atoms with Gasteiger partial charge in [-0.1, -0.05) is 0 Å². The van der Waals surface area contributed by atoms with Gasteiger partial charge in [0.05, 0.1) is 11.8 Å². The van der Waals surface area contributed by atoms with E-state index in [-0.39, 0.29) is 23.7 Å². The van der Waals surface area contributed by atoms with E-state index < -0.39 is 0 Å². The molecule has 0 aromatic heterocycles. The number of fused-ring (bicyclic) bond motifs is 2. The smallest absolute Gasteiger partial charge is 0.228 e. The summed E-state index contributed by atoms with van der Waals surface area (Å²) in [5.74, 6) is 1.50. The Morgan fingerprint density at radius 1 is 0.655 bits per heavy atom. The second kappa shape index (κ2) is 7.20. The fourth-order valence-electron chi connectivity index (χ4n) is 3.49. The van der Waals surface area contributed by atoms with Gasteiger partial charge in [0.25, 0.3) is 0 Å². The van der Waals surface area contributed by atoms with Crippen molar-refractivity contribution in [3.05, 3.63) is 36.4 Å². The van der Waals surface area contributed by atoms with Crippen LogP contribution < -0.4 is 29.6 Å². The highest BCUT2D eigenvalue weighted by Gasteiger charge is 2.48. The Morgan fingerprint density at radius 2 is 1.07 bits per heavy atom. The Labute approximate surface area is 167 Å². The van der Waals surface area contributed by atoms with E-state index >= 15 is 0 Å².